The van der Waals surface area contributed by atoms with Crippen molar-refractivity contribution in [1.29, 1.82) is 0 Å². The van der Waals surface area contributed by atoms with Crippen LogP contribution in [0.3, 0.4) is 0 Å². The van der Waals surface area contributed by atoms with Crippen LogP contribution in [0, 0.1) is 5.82 Å². The van der Waals surface area contributed by atoms with Gasteiger partial charge in [0, 0.05) is 16.7 Å². The van der Waals surface area contributed by atoms with E-state index in [1.54, 1.807) is 24.3 Å². The van der Waals surface area contributed by atoms with Crippen molar-refractivity contribution in [1.82, 2.24) is 0 Å². The third-order valence-corrected chi connectivity index (χ3v) is 7.42. The van der Waals surface area contributed by atoms with Crippen LogP contribution in [-0.4, -0.2) is 23.1 Å². The average Bonchev–Trinajstić information content (AvgIpc) is 3.00. The predicted molar refractivity (Wildman–Crippen MR) is 99.6 cm³/mol. The monoisotopic (exact) mass is 411 g/mol. The van der Waals surface area contributed by atoms with Crippen LogP contribution in [0.2, 0.25) is 0 Å². The van der Waals surface area contributed by atoms with Gasteiger partial charge < -0.3 is 0 Å². The van der Waals surface area contributed by atoms with E-state index in [4.69, 9.17) is 5.14 Å². The first-order valence-corrected chi connectivity index (χ1v) is 11.5. The van der Waals surface area contributed by atoms with Crippen LogP contribution in [0.1, 0.15) is 0 Å². The first-order valence-electron chi connectivity index (χ1n) is 7.29. The van der Waals surface area contributed by atoms with Crippen LogP contribution >= 0.6 is 11.3 Å². The molecule has 3 aromatic rings. The minimum absolute atomic E-state index is 0.0287. The van der Waals surface area contributed by atoms with Crippen LogP contribution in [0.25, 0.3) is 21.6 Å². The van der Waals surface area contributed by atoms with Gasteiger partial charge in [-0.05, 0) is 41.5 Å². The lowest BCUT2D eigenvalue weighted by Crippen LogP contribution is -2.09. The summed E-state index contributed by atoms with van der Waals surface area (Å²) in [5, 5.41) is 5.24. The second-order valence-electron chi connectivity index (χ2n) is 5.66. The Kier molecular flexibility index (Phi) is 4.74. The van der Waals surface area contributed by atoms with E-state index in [1.165, 1.54) is 30.3 Å². The molecule has 5 nitrogen and oxygen atoms in total. The Balaban J connectivity index is 2.19. The van der Waals surface area contributed by atoms with Crippen molar-refractivity contribution in [2.24, 2.45) is 5.14 Å². The molecular weight excluding hydrogens is 397 g/mol. The molecule has 1 heterocycles. The molecule has 9 heteroatoms. The molecule has 0 aliphatic rings. The lowest BCUT2D eigenvalue weighted by molar-refractivity contribution is 0.599. The summed E-state index contributed by atoms with van der Waals surface area (Å²) in [6.07, 6.45) is 1.11. The number of primary sulfonamides is 1. The van der Waals surface area contributed by atoms with Gasteiger partial charge in [0.25, 0.3) is 0 Å². The third-order valence-electron chi connectivity index (χ3n) is 3.69. The van der Waals surface area contributed by atoms with Gasteiger partial charge in [-0.15, -0.1) is 11.3 Å². The number of hydrogen-bond acceptors (Lipinski definition) is 5. The zero-order chi connectivity index (χ0) is 19.1. The summed E-state index contributed by atoms with van der Waals surface area (Å²) in [6, 6.07) is 13.2. The Morgan fingerprint density at radius 3 is 1.92 bits per heavy atom. The van der Waals surface area contributed by atoms with E-state index < -0.39 is 25.7 Å². The van der Waals surface area contributed by atoms with Crippen molar-refractivity contribution in [3.8, 4) is 21.6 Å². The van der Waals surface area contributed by atoms with Gasteiger partial charge in [0.1, 0.15) is 10.0 Å². The van der Waals surface area contributed by atoms with E-state index in [0.29, 0.717) is 21.6 Å². The Bertz CT molecular complexity index is 1160. The number of sulfone groups is 1. The normalized spacial score (nSPS) is 12.3. The van der Waals surface area contributed by atoms with E-state index >= 15 is 0 Å². The van der Waals surface area contributed by atoms with Crippen LogP contribution in [0.5, 0.6) is 0 Å². The summed E-state index contributed by atoms with van der Waals surface area (Å²) >= 11 is 0.976. The minimum atomic E-state index is -3.91. The number of sulfonamides is 1. The Hall–Kier alpha value is -2.07. The molecule has 136 valence electrons. The first-order chi connectivity index (χ1) is 12.1. The summed E-state index contributed by atoms with van der Waals surface area (Å²) in [5.41, 5.74) is 1.84. The maximum Gasteiger partial charge on any atom is 0.247 e. The maximum atomic E-state index is 13.2. The third kappa shape index (κ3) is 3.85. The fraction of sp³-hybridized carbons (Fsp3) is 0.0588. The molecule has 1 aromatic heterocycles. The smallest absolute Gasteiger partial charge is 0.224 e. The van der Waals surface area contributed by atoms with Gasteiger partial charge in [0.05, 0.1) is 4.90 Å². The van der Waals surface area contributed by atoms with Gasteiger partial charge in [0.2, 0.25) is 10.0 Å². The number of nitrogens with two attached hydrogens (primary N) is 1. The van der Waals surface area contributed by atoms with E-state index in [2.05, 4.69) is 0 Å². The average molecular weight is 412 g/mol. The summed E-state index contributed by atoms with van der Waals surface area (Å²) in [5.74, 6) is -0.406. The van der Waals surface area contributed by atoms with Crippen molar-refractivity contribution in [3.63, 3.8) is 0 Å². The molecule has 26 heavy (non-hydrogen) atoms. The predicted octanol–water partition coefficient (Wildman–Crippen LogP) is 3.27. The molecule has 3 rings (SSSR count). The molecular formula is C17H14FNO4S3. The second kappa shape index (κ2) is 6.58. The van der Waals surface area contributed by atoms with Crippen LogP contribution in [0.4, 0.5) is 4.39 Å². The lowest BCUT2D eigenvalue weighted by atomic mass is 10.0. The van der Waals surface area contributed by atoms with E-state index in [9.17, 15) is 21.2 Å². The highest BCUT2D eigenvalue weighted by molar-refractivity contribution is 7.91. The molecule has 0 radical (unpaired) electrons. The van der Waals surface area contributed by atoms with E-state index in [-0.39, 0.29) is 9.10 Å². The van der Waals surface area contributed by atoms with Crippen molar-refractivity contribution < 1.29 is 21.2 Å². The summed E-state index contributed by atoms with van der Waals surface area (Å²) in [6.45, 7) is 0. The molecule has 0 aliphatic heterocycles. The quantitative estimate of drug-likeness (QED) is 0.713. The van der Waals surface area contributed by atoms with Crippen molar-refractivity contribution in [2.75, 3.05) is 6.26 Å². The van der Waals surface area contributed by atoms with Crippen LogP contribution in [-0.2, 0) is 19.9 Å². The summed E-state index contributed by atoms with van der Waals surface area (Å²) in [7, 11) is -7.25. The molecule has 0 amide bonds. The number of thiophene rings is 1. The van der Waals surface area contributed by atoms with Crippen LogP contribution < -0.4 is 5.14 Å². The van der Waals surface area contributed by atoms with Gasteiger partial charge in [-0.1, -0.05) is 24.3 Å². The highest BCUT2D eigenvalue weighted by atomic mass is 32.2. The van der Waals surface area contributed by atoms with Gasteiger partial charge in [-0.3, -0.25) is 0 Å². The zero-order valence-corrected chi connectivity index (χ0v) is 16.0. The minimum Gasteiger partial charge on any atom is -0.224 e. The molecule has 0 fully saturated rings. The molecule has 0 unspecified atom stereocenters. The molecule has 0 spiro atoms. The number of rotatable bonds is 4. The summed E-state index contributed by atoms with van der Waals surface area (Å²) in [4.78, 5) is 0.757. The van der Waals surface area contributed by atoms with Crippen molar-refractivity contribution in [2.45, 2.75) is 9.10 Å². The summed E-state index contributed by atoms with van der Waals surface area (Å²) < 4.78 is 59.9. The Labute approximate surface area is 154 Å². The van der Waals surface area contributed by atoms with Gasteiger partial charge in [-0.2, -0.15) is 0 Å². The number of halogens is 1. The van der Waals surface area contributed by atoms with E-state index in [1.807, 2.05) is 0 Å². The van der Waals surface area contributed by atoms with Gasteiger partial charge >= 0.3 is 0 Å². The highest BCUT2D eigenvalue weighted by Gasteiger charge is 2.19. The van der Waals surface area contributed by atoms with Crippen LogP contribution in [0.15, 0.2) is 63.7 Å². The SMILES string of the molecule is CS(=O)(=O)c1ccc(-c2cc(S(N)(=O)=O)sc2-c2ccc(F)cc2)cc1. The fourth-order valence-corrected chi connectivity index (χ4v) is 4.97. The fourth-order valence-electron chi connectivity index (χ4n) is 2.42. The Morgan fingerprint density at radius 1 is 0.885 bits per heavy atom. The van der Waals surface area contributed by atoms with Crippen molar-refractivity contribution in [3.05, 3.63) is 60.4 Å². The number of benzene rings is 2. The Morgan fingerprint density at radius 2 is 1.42 bits per heavy atom. The largest absolute Gasteiger partial charge is 0.247 e. The highest BCUT2D eigenvalue weighted by Crippen LogP contribution is 2.41. The molecule has 0 saturated heterocycles. The molecule has 2 aromatic carbocycles. The first kappa shape index (κ1) is 18.7. The second-order valence-corrected chi connectivity index (χ2v) is 10.5. The zero-order valence-electron chi connectivity index (χ0n) is 13.5. The maximum absolute atomic E-state index is 13.2. The van der Waals surface area contributed by atoms with Crippen molar-refractivity contribution >= 4 is 31.2 Å². The topological polar surface area (TPSA) is 94.3 Å². The molecule has 0 aliphatic carbocycles. The van der Waals surface area contributed by atoms with Gasteiger partial charge in [-0.25, -0.2) is 26.4 Å². The molecule has 0 saturated carbocycles. The molecule has 0 atom stereocenters. The molecule has 0 bridgehead atoms. The van der Waals surface area contributed by atoms with E-state index in [0.717, 1.165) is 17.6 Å². The van der Waals surface area contributed by atoms with Gasteiger partial charge in [0.15, 0.2) is 9.84 Å². The number of hydrogen-bond donors (Lipinski definition) is 1. The standard InChI is InChI=1S/C17H14FNO4S3/c1-25(20,21)14-8-4-11(5-9-14)15-10-16(26(19,22)23)24-17(15)12-2-6-13(18)7-3-12/h2-10H,1H3,(H2,19,22,23). The lowest BCUT2D eigenvalue weighted by Gasteiger charge is -2.05. The molecule has 2 N–H and O–H groups in total.